The van der Waals surface area contributed by atoms with Gasteiger partial charge in [-0.15, -0.1) is 5.73 Å². The standard InChI is InChI=1S/C17H18O4/c1-4-14-13-10-8-7-9-12(13)11-17(14,15(18)20-5-2)16(19)21-6-3/h7-10H,1,5-6,11H2,2-3H3. The maximum atomic E-state index is 12.5. The van der Waals surface area contributed by atoms with Crippen LogP contribution in [0, 0.1) is 5.41 Å². The molecule has 1 aromatic rings. The Morgan fingerprint density at radius 3 is 2.29 bits per heavy atom. The molecule has 1 aliphatic rings. The molecular formula is C17H18O4. The Hall–Kier alpha value is -2.32. The van der Waals surface area contributed by atoms with Gasteiger partial charge in [0, 0.05) is 12.0 Å². The van der Waals surface area contributed by atoms with Crippen molar-refractivity contribution in [2.45, 2.75) is 20.3 Å². The first-order valence-electron chi connectivity index (χ1n) is 6.95. The Kier molecular flexibility index (Phi) is 4.29. The third kappa shape index (κ3) is 2.28. The summed E-state index contributed by atoms with van der Waals surface area (Å²) in [6, 6.07) is 7.45. The van der Waals surface area contributed by atoms with E-state index in [-0.39, 0.29) is 19.6 Å². The minimum absolute atomic E-state index is 0.195. The first-order valence-corrected chi connectivity index (χ1v) is 6.95. The van der Waals surface area contributed by atoms with Crippen molar-refractivity contribution in [1.29, 1.82) is 0 Å². The fourth-order valence-electron chi connectivity index (χ4n) is 2.71. The van der Waals surface area contributed by atoms with Gasteiger partial charge < -0.3 is 9.47 Å². The summed E-state index contributed by atoms with van der Waals surface area (Å²) in [4.78, 5) is 25.0. The second kappa shape index (κ2) is 5.98. The molecule has 0 radical (unpaired) electrons. The van der Waals surface area contributed by atoms with Crippen molar-refractivity contribution in [2.75, 3.05) is 13.2 Å². The zero-order valence-corrected chi connectivity index (χ0v) is 12.3. The molecular weight excluding hydrogens is 268 g/mol. The van der Waals surface area contributed by atoms with Crippen LogP contribution in [-0.2, 0) is 25.5 Å². The highest BCUT2D eigenvalue weighted by atomic mass is 16.6. The lowest BCUT2D eigenvalue weighted by Gasteiger charge is -2.25. The normalized spacial score (nSPS) is 15.0. The Balaban J connectivity index is 2.60. The molecule has 0 N–H and O–H groups in total. The molecule has 0 aromatic heterocycles. The summed E-state index contributed by atoms with van der Waals surface area (Å²) in [5.74, 6) is -1.21. The van der Waals surface area contributed by atoms with Gasteiger partial charge in [-0.3, -0.25) is 9.59 Å². The number of esters is 2. The predicted molar refractivity (Wildman–Crippen MR) is 78.4 cm³/mol. The molecule has 1 aliphatic carbocycles. The predicted octanol–water partition coefficient (Wildman–Crippen LogP) is 2.52. The minimum Gasteiger partial charge on any atom is -0.465 e. The third-order valence-corrected chi connectivity index (χ3v) is 3.59. The molecule has 0 saturated heterocycles. The molecule has 0 unspecified atom stereocenters. The highest BCUT2D eigenvalue weighted by Crippen LogP contribution is 2.47. The molecule has 110 valence electrons. The molecule has 0 bridgehead atoms. The van der Waals surface area contributed by atoms with Gasteiger partial charge in [-0.2, -0.15) is 0 Å². The van der Waals surface area contributed by atoms with Gasteiger partial charge in [0.25, 0.3) is 0 Å². The molecule has 0 fully saturated rings. The van der Waals surface area contributed by atoms with Crippen LogP contribution in [0.5, 0.6) is 0 Å². The van der Waals surface area contributed by atoms with Crippen LogP contribution in [0.25, 0.3) is 5.57 Å². The molecule has 0 amide bonds. The second-order valence-electron chi connectivity index (χ2n) is 4.73. The van der Waals surface area contributed by atoms with Crippen molar-refractivity contribution in [3.63, 3.8) is 0 Å². The number of hydrogen-bond acceptors (Lipinski definition) is 4. The van der Waals surface area contributed by atoms with Crippen molar-refractivity contribution >= 4 is 17.5 Å². The summed E-state index contributed by atoms with van der Waals surface area (Å²) in [7, 11) is 0. The van der Waals surface area contributed by atoms with Gasteiger partial charge in [-0.25, -0.2) is 0 Å². The van der Waals surface area contributed by atoms with Crippen LogP contribution in [0.3, 0.4) is 0 Å². The van der Waals surface area contributed by atoms with E-state index in [9.17, 15) is 9.59 Å². The minimum atomic E-state index is -1.49. The molecule has 0 spiro atoms. The number of ether oxygens (including phenoxy) is 2. The van der Waals surface area contributed by atoms with E-state index in [1.54, 1.807) is 13.8 Å². The Labute approximate surface area is 124 Å². The van der Waals surface area contributed by atoms with Crippen LogP contribution < -0.4 is 0 Å². The summed E-state index contributed by atoms with van der Waals surface area (Å²) in [5, 5.41) is 0. The van der Waals surface area contributed by atoms with E-state index in [4.69, 9.17) is 9.47 Å². The summed E-state index contributed by atoms with van der Waals surface area (Å²) in [5.41, 5.74) is 3.40. The van der Waals surface area contributed by atoms with Gasteiger partial charge >= 0.3 is 11.9 Å². The van der Waals surface area contributed by atoms with Crippen molar-refractivity contribution in [1.82, 2.24) is 0 Å². The van der Waals surface area contributed by atoms with Crippen molar-refractivity contribution in [3.05, 3.63) is 47.7 Å². The fourth-order valence-corrected chi connectivity index (χ4v) is 2.71. The van der Waals surface area contributed by atoms with Crippen LogP contribution in [0.2, 0.25) is 0 Å². The van der Waals surface area contributed by atoms with E-state index in [0.29, 0.717) is 5.57 Å². The molecule has 4 nitrogen and oxygen atoms in total. The maximum absolute atomic E-state index is 12.5. The lowest BCUT2D eigenvalue weighted by atomic mass is 9.81. The van der Waals surface area contributed by atoms with Gasteiger partial charge in [-0.05, 0) is 25.0 Å². The summed E-state index contributed by atoms with van der Waals surface area (Å²) in [6.07, 6.45) is 0.221. The van der Waals surface area contributed by atoms with E-state index >= 15 is 0 Å². The first-order chi connectivity index (χ1) is 10.1. The van der Waals surface area contributed by atoms with Crippen molar-refractivity contribution in [2.24, 2.45) is 5.41 Å². The maximum Gasteiger partial charge on any atom is 0.329 e. The lowest BCUT2D eigenvalue weighted by molar-refractivity contribution is -0.166. The summed E-state index contributed by atoms with van der Waals surface area (Å²) in [6.45, 7) is 7.44. The molecule has 0 atom stereocenters. The Morgan fingerprint density at radius 2 is 1.76 bits per heavy atom. The average Bonchev–Trinajstić information content (AvgIpc) is 2.83. The van der Waals surface area contributed by atoms with Crippen LogP contribution >= 0.6 is 0 Å². The Morgan fingerprint density at radius 1 is 1.19 bits per heavy atom. The van der Waals surface area contributed by atoms with E-state index in [2.05, 4.69) is 12.3 Å². The van der Waals surface area contributed by atoms with E-state index in [1.165, 1.54) is 0 Å². The number of fused-ring (bicyclic) bond motifs is 1. The second-order valence-corrected chi connectivity index (χ2v) is 4.73. The zero-order chi connectivity index (χ0) is 15.5. The number of rotatable bonds is 4. The highest BCUT2D eigenvalue weighted by molar-refractivity contribution is 6.14. The van der Waals surface area contributed by atoms with Crippen LogP contribution in [-0.4, -0.2) is 25.2 Å². The van der Waals surface area contributed by atoms with E-state index < -0.39 is 17.4 Å². The van der Waals surface area contributed by atoms with Gasteiger partial charge in [-0.1, -0.05) is 30.8 Å². The quantitative estimate of drug-likeness (QED) is 0.485. The van der Waals surface area contributed by atoms with Gasteiger partial charge in [0.15, 0.2) is 0 Å². The zero-order valence-electron chi connectivity index (χ0n) is 12.3. The highest BCUT2D eigenvalue weighted by Gasteiger charge is 2.56. The molecule has 0 saturated carbocycles. The molecule has 2 rings (SSSR count). The lowest BCUT2D eigenvalue weighted by Crippen LogP contribution is -2.42. The number of carbonyl (C=O) groups excluding carboxylic acids is 2. The molecule has 0 aliphatic heterocycles. The van der Waals surface area contributed by atoms with Crippen LogP contribution in [0.15, 0.2) is 36.6 Å². The third-order valence-electron chi connectivity index (χ3n) is 3.59. The monoisotopic (exact) mass is 286 g/mol. The van der Waals surface area contributed by atoms with Crippen molar-refractivity contribution < 1.29 is 19.1 Å². The largest absolute Gasteiger partial charge is 0.465 e. The fraction of sp³-hybridized carbons (Fsp3) is 0.353. The smallest absolute Gasteiger partial charge is 0.329 e. The molecule has 4 heteroatoms. The number of hydrogen-bond donors (Lipinski definition) is 0. The molecule has 21 heavy (non-hydrogen) atoms. The van der Waals surface area contributed by atoms with Crippen molar-refractivity contribution in [3.8, 4) is 0 Å². The number of benzene rings is 1. The summed E-state index contributed by atoms with van der Waals surface area (Å²) >= 11 is 0. The molecule has 1 aromatic carbocycles. The van der Waals surface area contributed by atoms with Gasteiger partial charge in [0.1, 0.15) is 0 Å². The molecule has 0 heterocycles. The average molecular weight is 286 g/mol. The van der Waals surface area contributed by atoms with E-state index in [1.807, 2.05) is 24.3 Å². The summed E-state index contributed by atoms with van der Waals surface area (Å²) < 4.78 is 10.3. The Bertz CT molecular complexity index is 605. The first kappa shape index (κ1) is 15.1. The topological polar surface area (TPSA) is 52.6 Å². The SMILES string of the molecule is C=C=C1c2ccccc2CC1(C(=O)OCC)C(=O)OCC. The van der Waals surface area contributed by atoms with Gasteiger partial charge in [0.05, 0.1) is 13.2 Å². The van der Waals surface area contributed by atoms with Gasteiger partial charge in [0.2, 0.25) is 5.41 Å². The number of carbonyl (C=O) groups is 2. The van der Waals surface area contributed by atoms with Crippen LogP contribution in [0.1, 0.15) is 25.0 Å². The van der Waals surface area contributed by atoms with Crippen LogP contribution in [0.4, 0.5) is 0 Å². The van der Waals surface area contributed by atoms with E-state index in [0.717, 1.165) is 11.1 Å².